The van der Waals surface area contributed by atoms with Crippen molar-refractivity contribution in [3.8, 4) is 5.75 Å². The molecule has 0 unspecified atom stereocenters. The molecule has 1 saturated carbocycles. The lowest BCUT2D eigenvalue weighted by atomic mass is 9.80. The second-order valence-electron chi connectivity index (χ2n) is 9.95. The van der Waals surface area contributed by atoms with Gasteiger partial charge in [-0.15, -0.1) is 0 Å². The summed E-state index contributed by atoms with van der Waals surface area (Å²) < 4.78 is 17.9. The summed E-state index contributed by atoms with van der Waals surface area (Å²) in [7, 11) is 0. The van der Waals surface area contributed by atoms with Crippen molar-refractivity contribution < 1.29 is 14.2 Å². The third-order valence-electron chi connectivity index (χ3n) is 7.18. The van der Waals surface area contributed by atoms with Crippen LogP contribution in [0.4, 0.5) is 0 Å². The number of hydrogen-bond donors (Lipinski definition) is 0. The molecule has 2 aliphatic rings. The SMILES string of the molecule is CCCCCCC[C@H]1CO[C@H](c2ccc(OC/C=C/[C@H]3CC[C@H](CCC)CC3)cc2)OC1. The third-order valence-corrected chi connectivity index (χ3v) is 7.18. The van der Waals surface area contributed by atoms with E-state index in [1.165, 1.54) is 77.0 Å². The van der Waals surface area contributed by atoms with Crippen molar-refractivity contribution in [2.24, 2.45) is 17.8 Å². The fourth-order valence-electron chi connectivity index (χ4n) is 5.13. The van der Waals surface area contributed by atoms with E-state index < -0.39 is 0 Å². The molecule has 0 aromatic heterocycles. The average Bonchev–Trinajstić information content (AvgIpc) is 2.84. The molecule has 0 atom stereocenters. The van der Waals surface area contributed by atoms with Gasteiger partial charge in [0.25, 0.3) is 0 Å². The molecule has 1 aromatic carbocycles. The van der Waals surface area contributed by atoms with Crippen molar-refractivity contribution >= 4 is 0 Å². The fraction of sp³-hybridized carbons (Fsp3) is 0.724. The Bertz CT molecular complexity index is 622. The summed E-state index contributed by atoms with van der Waals surface area (Å²) >= 11 is 0. The first-order valence-corrected chi connectivity index (χ1v) is 13.4. The van der Waals surface area contributed by atoms with Gasteiger partial charge in [0.1, 0.15) is 12.4 Å². The topological polar surface area (TPSA) is 27.7 Å². The molecule has 3 rings (SSSR count). The molecule has 0 spiro atoms. The zero-order valence-corrected chi connectivity index (χ0v) is 20.6. The van der Waals surface area contributed by atoms with Crippen LogP contribution in [0.25, 0.3) is 0 Å². The summed E-state index contributed by atoms with van der Waals surface area (Å²) in [6.07, 6.45) is 20.4. The van der Waals surface area contributed by atoms with E-state index >= 15 is 0 Å². The van der Waals surface area contributed by atoms with Crippen molar-refractivity contribution in [2.45, 2.75) is 97.2 Å². The van der Waals surface area contributed by atoms with Crippen molar-refractivity contribution in [1.82, 2.24) is 0 Å². The highest BCUT2D eigenvalue weighted by Crippen LogP contribution is 2.32. The van der Waals surface area contributed by atoms with Gasteiger partial charge in [-0.2, -0.15) is 0 Å². The molecule has 1 aromatic rings. The molecule has 0 bridgehead atoms. The maximum atomic E-state index is 6.01. The molecule has 1 aliphatic heterocycles. The third kappa shape index (κ3) is 8.90. The van der Waals surface area contributed by atoms with Crippen molar-refractivity contribution in [3.05, 3.63) is 42.0 Å². The van der Waals surface area contributed by atoms with Crippen LogP contribution in [-0.4, -0.2) is 19.8 Å². The number of unbranched alkanes of at least 4 members (excludes halogenated alkanes) is 4. The van der Waals surface area contributed by atoms with E-state index in [0.29, 0.717) is 12.5 Å². The Morgan fingerprint density at radius 2 is 1.53 bits per heavy atom. The number of rotatable bonds is 13. The summed E-state index contributed by atoms with van der Waals surface area (Å²) in [5, 5.41) is 0. The number of hydrogen-bond acceptors (Lipinski definition) is 3. The highest BCUT2D eigenvalue weighted by Gasteiger charge is 2.23. The second-order valence-corrected chi connectivity index (χ2v) is 9.95. The molecular formula is C29H46O3. The van der Waals surface area contributed by atoms with E-state index in [0.717, 1.165) is 36.4 Å². The molecule has 32 heavy (non-hydrogen) atoms. The smallest absolute Gasteiger partial charge is 0.183 e. The molecule has 1 saturated heterocycles. The number of benzene rings is 1. The minimum Gasteiger partial charge on any atom is -0.490 e. The summed E-state index contributed by atoms with van der Waals surface area (Å²) in [6, 6.07) is 8.21. The van der Waals surface area contributed by atoms with Crippen molar-refractivity contribution in [3.63, 3.8) is 0 Å². The first-order valence-electron chi connectivity index (χ1n) is 13.4. The van der Waals surface area contributed by atoms with E-state index in [-0.39, 0.29) is 6.29 Å². The van der Waals surface area contributed by atoms with Gasteiger partial charge < -0.3 is 14.2 Å². The Morgan fingerprint density at radius 1 is 0.812 bits per heavy atom. The van der Waals surface area contributed by atoms with Crippen LogP contribution in [0, 0.1) is 17.8 Å². The van der Waals surface area contributed by atoms with E-state index in [1.807, 2.05) is 12.1 Å². The Hall–Kier alpha value is -1.32. The lowest BCUT2D eigenvalue weighted by molar-refractivity contribution is -0.206. The summed E-state index contributed by atoms with van der Waals surface area (Å²) in [6.45, 7) is 6.82. The predicted octanol–water partition coefficient (Wildman–Crippen LogP) is 8.25. The Kier molecular flexibility index (Phi) is 11.7. The zero-order valence-electron chi connectivity index (χ0n) is 20.6. The quantitative estimate of drug-likeness (QED) is 0.227. The monoisotopic (exact) mass is 442 g/mol. The Labute approximate surface area is 196 Å². The number of allylic oxidation sites excluding steroid dienone is 1. The molecule has 1 aliphatic carbocycles. The van der Waals surface area contributed by atoms with Crippen LogP contribution < -0.4 is 4.74 Å². The minimum atomic E-state index is -0.233. The molecule has 3 nitrogen and oxygen atoms in total. The first-order chi connectivity index (χ1) is 15.8. The van der Waals surface area contributed by atoms with Gasteiger partial charge in [0, 0.05) is 11.5 Å². The van der Waals surface area contributed by atoms with Gasteiger partial charge in [0.15, 0.2) is 6.29 Å². The summed E-state index contributed by atoms with van der Waals surface area (Å²) in [5.74, 6) is 3.17. The van der Waals surface area contributed by atoms with Crippen LogP contribution in [0.15, 0.2) is 36.4 Å². The zero-order chi connectivity index (χ0) is 22.4. The van der Waals surface area contributed by atoms with Gasteiger partial charge in [0.05, 0.1) is 13.2 Å². The van der Waals surface area contributed by atoms with E-state index in [4.69, 9.17) is 14.2 Å². The predicted molar refractivity (Wildman–Crippen MR) is 133 cm³/mol. The summed E-state index contributed by atoms with van der Waals surface area (Å²) in [4.78, 5) is 0. The highest BCUT2D eigenvalue weighted by molar-refractivity contribution is 5.28. The molecule has 2 fully saturated rings. The lowest BCUT2D eigenvalue weighted by Gasteiger charge is -2.29. The van der Waals surface area contributed by atoms with Gasteiger partial charge in [0.2, 0.25) is 0 Å². The van der Waals surface area contributed by atoms with E-state index in [9.17, 15) is 0 Å². The second kappa shape index (κ2) is 14.8. The maximum Gasteiger partial charge on any atom is 0.183 e. The van der Waals surface area contributed by atoms with Crippen molar-refractivity contribution in [2.75, 3.05) is 19.8 Å². The summed E-state index contributed by atoms with van der Waals surface area (Å²) in [5.41, 5.74) is 1.08. The Balaban J connectivity index is 1.30. The lowest BCUT2D eigenvalue weighted by Crippen LogP contribution is -2.27. The molecule has 3 heteroatoms. The van der Waals surface area contributed by atoms with Crippen LogP contribution in [0.3, 0.4) is 0 Å². The van der Waals surface area contributed by atoms with Crippen LogP contribution in [-0.2, 0) is 9.47 Å². The van der Waals surface area contributed by atoms with Gasteiger partial charge in [-0.3, -0.25) is 0 Å². The van der Waals surface area contributed by atoms with Crippen LogP contribution in [0.5, 0.6) is 5.75 Å². The van der Waals surface area contributed by atoms with Crippen LogP contribution >= 0.6 is 0 Å². The molecule has 0 amide bonds. The normalized spacial score (nSPS) is 26.4. The van der Waals surface area contributed by atoms with Crippen LogP contribution in [0.1, 0.15) is 103 Å². The Morgan fingerprint density at radius 3 is 2.22 bits per heavy atom. The van der Waals surface area contributed by atoms with Gasteiger partial charge in [-0.1, -0.05) is 83.1 Å². The standard InChI is InChI=1S/C29H46O3/c1-3-5-6-7-8-11-26-22-31-29(32-23-26)27-17-19-28(20-18-27)30-21-9-12-25-15-13-24(10-4-2)14-16-25/h9,12,17-20,24-26,29H,3-8,10-11,13-16,21-23H2,1-2H3/b12-9+/t24-,25-,26-,29-. The van der Waals surface area contributed by atoms with E-state index in [2.05, 4.69) is 38.1 Å². The maximum absolute atomic E-state index is 6.01. The molecule has 180 valence electrons. The van der Waals surface area contributed by atoms with Crippen molar-refractivity contribution in [1.29, 1.82) is 0 Å². The first kappa shape index (κ1) is 25.3. The van der Waals surface area contributed by atoms with E-state index in [1.54, 1.807) is 0 Å². The minimum absolute atomic E-state index is 0.233. The van der Waals surface area contributed by atoms with Gasteiger partial charge in [-0.05, 0) is 56.1 Å². The largest absolute Gasteiger partial charge is 0.490 e. The molecule has 0 radical (unpaired) electrons. The van der Waals surface area contributed by atoms with Gasteiger partial charge in [-0.25, -0.2) is 0 Å². The molecule has 1 heterocycles. The highest BCUT2D eigenvalue weighted by atomic mass is 16.7. The van der Waals surface area contributed by atoms with Crippen LogP contribution in [0.2, 0.25) is 0 Å². The fourth-order valence-corrected chi connectivity index (χ4v) is 5.13. The average molecular weight is 443 g/mol. The number of ether oxygens (including phenoxy) is 3. The molecule has 0 N–H and O–H groups in total. The molecular weight excluding hydrogens is 396 g/mol. The van der Waals surface area contributed by atoms with Gasteiger partial charge >= 0.3 is 0 Å².